The number of para-hydroxylation sites is 2. The van der Waals surface area contributed by atoms with Gasteiger partial charge in [-0.25, -0.2) is 0 Å². The van der Waals surface area contributed by atoms with Crippen molar-refractivity contribution in [3.8, 4) is 11.5 Å². The van der Waals surface area contributed by atoms with Crippen molar-refractivity contribution in [3.63, 3.8) is 0 Å². The van der Waals surface area contributed by atoms with E-state index in [1.165, 1.54) is 6.92 Å². The summed E-state index contributed by atoms with van der Waals surface area (Å²) in [6.45, 7) is 18.8. The molecule has 2 rings (SSSR count). The standard InChI is InChI=1S/C7H6O2.C6H8O3.4C2H6/c1-2-4-7-6(3-1)8-5-9-7;1-4(7)3-6(9)5(2)8;4*1-2/h1-4H,5H2;3H2,1-2H3;4*1-2H3. The maximum absolute atomic E-state index is 10.4. The Hall–Kier alpha value is -2.17. The first-order valence-electron chi connectivity index (χ1n) is 9.38. The van der Waals surface area contributed by atoms with Gasteiger partial charge in [-0.3, -0.25) is 14.4 Å². The summed E-state index contributed by atoms with van der Waals surface area (Å²) >= 11 is 0. The summed E-state index contributed by atoms with van der Waals surface area (Å²) in [6.07, 6.45) is -0.255. The number of fused-ring (bicyclic) bond motifs is 1. The van der Waals surface area contributed by atoms with Crippen LogP contribution < -0.4 is 9.47 Å². The number of ketones is 3. The number of carbonyl (C=O) groups is 3. The third-order valence-electron chi connectivity index (χ3n) is 2.08. The molecular formula is C21H38O5. The molecule has 5 nitrogen and oxygen atoms in total. The zero-order valence-electron chi connectivity index (χ0n) is 18.3. The molecule has 0 spiro atoms. The lowest BCUT2D eigenvalue weighted by atomic mass is 10.2. The van der Waals surface area contributed by atoms with Crippen LogP contribution in [0.25, 0.3) is 0 Å². The molecule has 0 unspecified atom stereocenters. The summed E-state index contributed by atoms with van der Waals surface area (Å²) in [5.74, 6) is 0.262. The van der Waals surface area contributed by atoms with Crippen LogP contribution in [0.4, 0.5) is 0 Å². The zero-order chi connectivity index (χ0) is 21.5. The van der Waals surface area contributed by atoms with Crippen molar-refractivity contribution in [3.05, 3.63) is 24.3 Å². The quantitative estimate of drug-likeness (QED) is 0.508. The molecule has 1 heterocycles. The van der Waals surface area contributed by atoms with E-state index in [0.717, 1.165) is 18.4 Å². The lowest BCUT2D eigenvalue weighted by Crippen LogP contribution is -2.12. The van der Waals surface area contributed by atoms with Crippen LogP contribution in [0.3, 0.4) is 0 Å². The van der Waals surface area contributed by atoms with Gasteiger partial charge in [0, 0.05) is 6.92 Å². The van der Waals surface area contributed by atoms with Gasteiger partial charge >= 0.3 is 0 Å². The third-order valence-corrected chi connectivity index (χ3v) is 2.08. The molecule has 26 heavy (non-hydrogen) atoms. The fraction of sp³-hybridized carbons (Fsp3) is 0.571. The summed E-state index contributed by atoms with van der Waals surface area (Å²) in [6, 6.07) is 7.63. The highest BCUT2D eigenvalue weighted by atomic mass is 16.7. The van der Waals surface area contributed by atoms with E-state index < -0.39 is 11.6 Å². The first-order valence-corrected chi connectivity index (χ1v) is 9.38. The molecule has 0 radical (unpaired) electrons. The average molecular weight is 371 g/mol. The summed E-state index contributed by atoms with van der Waals surface area (Å²) < 4.78 is 10.2. The number of rotatable bonds is 3. The Labute approximate surface area is 160 Å². The molecule has 5 heteroatoms. The van der Waals surface area contributed by atoms with E-state index in [1.807, 2.05) is 79.7 Å². The molecule has 0 aliphatic carbocycles. The van der Waals surface area contributed by atoms with Crippen molar-refractivity contribution in [1.29, 1.82) is 0 Å². The lowest BCUT2D eigenvalue weighted by molar-refractivity contribution is -0.137. The van der Waals surface area contributed by atoms with Gasteiger partial charge in [0.05, 0.1) is 6.42 Å². The predicted molar refractivity (Wildman–Crippen MR) is 109 cm³/mol. The summed E-state index contributed by atoms with van der Waals surface area (Å²) in [7, 11) is 0. The van der Waals surface area contributed by atoms with Gasteiger partial charge in [-0.2, -0.15) is 0 Å². The van der Waals surface area contributed by atoms with Crippen molar-refractivity contribution in [2.75, 3.05) is 6.79 Å². The molecule has 0 saturated heterocycles. The van der Waals surface area contributed by atoms with Gasteiger partial charge in [-0.1, -0.05) is 67.5 Å². The maximum Gasteiger partial charge on any atom is 0.231 e. The molecule has 1 aromatic carbocycles. The number of hydrogen-bond acceptors (Lipinski definition) is 5. The van der Waals surface area contributed by atoms with Crippen molar-refractivity contribution in [1.82, 2.24) is 0 Å². The predicted octanol–water partition coefficient (Wildman–Crippen LogP) is 5.64. The van der Waals surface area contributed by atoms with E-state index in [1.54, 1.807) is 0 Å². The molecule has 0 bridgehead atoms. The summed E-state index contributed by atoms with van der Waals surface area (Å²) in [5, 5.41) is 0. The fourth-order valence-electron chi connectivity index (χ4n) is 1.20. The van der Waals surface area contributed by atoms with Gasteiger partial charge in [-0.15, -0.1) is 0 Å². The number of Topliss-reactive ketones (excluding diaryl/α,β-unsaturated/α-hetero) is 3. The Morgan fingerprint density at radius 2 is 1.12 bits per heavy atom. The number of hydrogen-bond donors (Lipinski definition) is 0. The minimum atomic E-state index is -0.609. The first-order chi connectivity index (χ1) is 12.5. The van der Waals surface area contributed by atoms with Crippen LogP contribution in [-0.2, 0) is 14.4 Å². The maximum atomic E-state index is 10.4. The fourth-order valence-corrected chi connectivity index (χ4v) is 1.20. The van der Waals surface area contributed by atoms with Crippen LogP contribution in [0.1, 0.15) is 75.7 Å². The molecule has 0 saturated carbocycles. The van der Waals surface area contributed by atoms with E-state index >= 15 is 0 Å². The highest BCUT2D eigenvalue weighted by Crippen LogP contribution is 2.30. The summed E-state index contributed by atoms with van der Waals surface area (Å²) in [5.41, 5.74) is 0. The van der Waals surface area contributed by atoms with Crippen molar-refractivity contribution in [2.45, 2.75) is 75.7 Å². The van der Waals surface area contributed by atoms with Crippen molar-refractivity contribution >= 4 is 17.3 Å². The zero-order valence-corrected chi connectivity index (χ0v) is 18.3. The molecule has 1 aliphatic rings. The van der Waals surface area contributed by atoms with Crippen LogP contribution in [0.5, 0.6) is 11.5 Å². The van der Waals surface area contributed by atoms with Crippen LogP contribution in [0, 0.1) is 0 Å². The van der Waals surface area contributed by atoms with Gasteiger partial charge in [-0.05, 0) is 19.1 Å². The highest BCUT2D eigenvalue weighted by molar-refractivity contribution is 6.39. The Kier molecular flexibility index (Phi) is 30.5. The number of benzene rings is 1. The molecule has 0 atom stereocenters. The van der Waals surface area contributed by atoms with E-state index in [9.17, 15) is 14.4 Å². The van der Waals surface area contributed by atoms with Gasteiger partial charge in [0.25, 0.3) is 0 Å². The largest absolute Gasteiger partial charge is 0.454 e. The SMILES string of the molecule is CC.CC.CC.CC.CC(=O)CC(=O)C(C)=O.c1ccc2c(c1)OCO2. The minimum Gasteiger partial charge on any atom is -0.454 e. The number of carbonyl (C=O) groups excluding carboxylic acids is 3. The average Bonchev–Trinajstić information content (AvgIpc) is 3.17. The normalized spacial score (nSPS) is 8.69. The van der Waals surface area contributed by atoms with Crippen LogP contribution >= 0.6 is 0 Å². The Bertz CT molecular complexity index is 444. The third kappa shape index (κ3) is 18.2. The Morgan fingerprint density at radius 3 is 1.35 bits per heavy atom. The topological polar surface area (TPSA) is 69.7 Å². The number of ether oxygens (including phenoxy) is 2. The first kappa shape index (κ1) is 31.6. The molecule has 1 aliphatic heterocycles. The van der Waals surface area contributed by atoms with Gasteiger partial charge in [0.2, 0.25) is 12.6 Å². The molecular weight excluding hydrogens is 332 g/mol. The van der Waals surface area contributed by atoms with Crippen molar-refractivity contribution < 1.29 is 23.9 Å². The van der Waals surface area contributed by atoms with Crippen LogP contribution in [0.15, 0.2) is 24.3 Å². The second-order valence-electron chi connectivity index (χ2n) is 3.71. The van der Waals surface area contributed by atoms with E-state index in [-0.39, 0.29) is 12.2 Å². The second-order valence-corrected chi connectivity index (χ2v) is 3.71. The van der Waals surface area contributed by atoms with Crippen LogP contribution in [0.2, 0.25) is 0 Å². The monoisotopic (exact) mass is 370 g/mol. The van der Waals surface area contributed by atoms with Crippen molar-refractivity contribution in [2.24, 2.45) is 0 Å². The Morgan fingerprint density at radius 1 is 0.769 bits per heavy atom. The van der Waals surface area contributed by atoms with Gasteiger partial charge < -0.3 is 9.47 Å². The molecule has 0 amide bonds. The van der Waals surface area contributed by atoms with E-state index in [0.29, 0.717) is 6.79 Å². The van der Waals surface area contributed by atoms with Gasteiger partial charge in [0.15, 0.2) is 17.3 Å². The minimum absolute atomic E-state index is 0.255. The van der Waals surface area contributed by atoms with Gasteiger partial charge in [0.1, 0.15) is 5.78 Å². The molecule has 0 fully saturated rings. The second kappa shape index (κ2) is 25.1. The highest BCUT2D eigenvalue weighted by Gasteiger charge is 2.09. The molecule has 152 valence electrons. The van der Waals surface area contributed by atoms with E-state index in [2.05, 4.69) is 0 Å². The Balaban J connectivity index is -0.000000135. The lowest BCUT2D eigenvalue weighted by Gasteiger charge is -1.89. The smallest absolute Gasteiger partial charge is 0.231 e. The van der Waals surface area contributed by atoms with E-state index in [4.69, 9.17) is 9.47 Å². The summed E-state index contributed by atoms with van der Waals surface area (Å²) in [4.78, 5) is 30.7. The molecule has 1 aromatic rings. The molecule has 0 aromatic heterocycles. The molecule has 0 N–H and O–H groups in total. The van der Waals surface area contributed by atoms with Crippen LogP contribution in [-0.4, -0.2) is 24.1 Å².